The predicted molar refractivity (Wildman–Crippen MR) is 65.1 cm³/mol. The molecule has 1 atom stereocenters. The van der Waals surface area contributed by atoms with Crippen molar-refractivity contribution < 1.29 is 4.74 Å². The van der Waals surface area contributed by atoms with E-state index in [1.165, 1.54) is 11.1 Å². The molecule has 1 aliphatic heterocycles. The number of hydrogen-bond donors (Lipinski definition) is 2. The van der Waals surface area contributed by atoms with Crippen molar-refractivity contribution in [2.75, 3.05) is 6.61 Å². The number of nitrogens with two attached hydrogens (primary N) is 1. The Balaban J connectivity index is 2.15. The van der Waals surface area contributed by atoms with Gasteiger partial charge in [0.25, 0.3) is 0 Å². The van der Waals surface area contributed by atoms with Crippen LogP contribution in [-0.2, 0) is 6.42 Å². The number of benzene rings is 1. The smallest absolute Gasteiger partial charge is 0.122 e. The third-order valence-electron chi connectivity index (χ3n) is 2.98. The molecule has 1 unspecified atom stereocenters. The molecule has 0 bridgehead atoms. The summed E-state index contributed by atoms with van der Waals surface area (Å²) in [5, 5.41) is 0. The second kappa shape index (κ2) is 5.14. The van der Waals surface area contributed by atoms with Gasteiger partial charge >= 0.3 is 0 Å². The van der Waals surface area contributed by atoms with Gasteiger partial charge in [-0.25, -0.2) is 0 Å². The Morgan fingerprint density at radius 2 is 2.44 bits per heavy atom. The van der Waals surface area contributed by atoms with Gasteiger partial charge < -0.3 is 4.74 Å². The van der Waals surface area contributed by atoms with E-state index < -0.39 is 0 Å². The Morgan fingerprint density at radius 3 is 3.19 bits per heavy atom. The molecule has 0 aromatic heterocycles. The van der Waals surface area contributed by atoms with Crippen molar-refractivity contribution in [3.8, 4) is 5.75 Å². The van der Waals surface area contributed by atoms with Crippen molar-refractivity contribution in [3.63, 3.8) is 0 Å². The molecule has 0 radical (unpaired) electrons. The fourth-order valence-electron chi connectivity index (χ4n) is 2.05. The lowest BCUT2D eigenvalue weighted by molar-refractivity contribution is 0.356. The molecule has 0 saturated carbocycles. The van der Waals surface area contributed by atoms with Crippen LogP contribution in [0.4, 0.5) is 0 Å². The van der Waals surface area contributed by atoms with E-state index in [1.54, 1.807) is 0 Å². The third kappa shape index (κ3) is 2.26. The molecule has 0 amide bonds. The number of hydrazine groups is 1. The molecule has 2 rings (SSSR count). The zero-order valence-electron chi connectivity index (χ0n) is 9.41. The number of fused-ring (bicyclic) bond motifs is 1. The molecule has 1 aliphatic rings. The Labute approximate surface area is 96.3 Å². The Bertz CT molecular complexity index is 376. The summed E-state index contributed by atoms with van der Waals surface area (Å²) in [5.41, 5.74) is 5.37. The van der Waals surface area contributed by atoms with Crippen molar-refractivity contribution in [2.24, 2.45) is 5.84 Å². The van der Waals surface area contributed by atoms with E-state index in [-0.39, 0.29) is 6.04 Å². The zero-order chi connectivity index (χ0) is 11.4. The summed E-state index contributed by atoms with van der Waals surface area (Å²) in [6, 6.07) is 6.51. The first-order valence-electron chi connectivity index (χ1n) is 5.68. The van der Waals surface area contributed by atoms with Gasteiger partial charge in [-0.05, 0) is 30.0 Å². The maximum absolute atomic E-state index is 5.58. The highest BCUT2D eigenvalue weighted by Crippen LogP contribution is 2.29. The quantitative estimate of drug-likeness (QED) is 0.452. The van der Waals surface area contributed by atoms with Gasteiger partial charge in [0.1, 0.15) is 5.75 Å². The topological polar surface area (TPSA) is 47.3 Å². The van der Waals surface area contributed by atoms with Gasteiger partial charge in [-0.2, -0.15) is 0 Å². The molecule has 86 valence electrons. The van der Waals surface area contributed by atoms with Gasteiger partial charge in [0.2, 0.25) is 0 Å². The molecular weight excluding hydrogens is 200 g/mol. The largest absolute Gasteiger partial charge is 0.493 e. The molecule has 0 aliphatic carbocycles. The maximum Gasteiger partial charge on any atom is 0.122 e. The average Bonchev–Trinajstić information content (AvgIpc) is 2.77. The van der Waals surface area contributed by atoms with Crippen molar-refractivity contribution in [1.82, 2.24) is 5.43 Å². The zero-order valence-corrected chi connectivity index (χ0v) is 9.41. The van der Waals surface area contributed by atoms with Crippen LogP contribution in [0.2, 0.25) is 0 Å². The van der Waals surface area contributed by atoms with E-state index in [4.69, 9.17) is 10.6 Å². The number of nitrogens with one attached hydrogen (secondary N) is 1. The molecule has 0 fully saturated rings. The van der Waals surface area contributed by atoms with Gasteiger partial charge in [0, 0.05) is 12.5 Å². The molecule has 1 aromatic carbocycles. The van der Waals surface area contributed by atoms with Gasteiger partial charge in [-0.3, -0.25) is 11.3 Å². The lowest BCUT2D eigenvalue weighted by atomic mass is 9.99. The minimum Gasteiger partial charge on any atom is -0.493 e. The van der Waals surface area contributed by atoms with E-state index >= 15 is 0 Å². The number of allylic oxidation sites excluding steroid dienone is 1. The summed E-state index contributed by atoms with van der Waals surface area (Å²) < 4.78 is 5.48. The Morgan fingerprint density at radius 1 is 1.56 bits per heavy atom. The molecular formula is C13H18N2O. The summed E-state index contributed by atoms with van der Waals surface area (Å²) in [7, 11) is 0. The highest BCUT2D eigenvalue weighted by molar-refractivity contribution is 5.40. The molecule has 1 aromatic rings. The van der Waals surface area contributed by atoms with E-state index in [2.05, 4.69) is 24.1 Å². The van der Waals surface area contributed by atoms with Crippen LogP contribution in [0, 0.1) is 0 Å². The first-order chi connectivity index (χ1) is 7.85. The average molecular weight is 218 g/mol. The van der Waals surface area contributed by atoms with Crippen molar-refractivity contribution in [2.45, 2.75) is 25.3 Å². The summed E-state index contributed by atoms with van der Waals surface area (Å²) in [5.74, 6) is 6.59. The van der Waals surface area contributed by atoms with E-state index in [0.717, 1.165) is 31.6 Å². The van der Waals surface area contributed by atoms with E-state index in [1.807, 2.05) is 12.1 Å². The fraction of sp³-hybridized carbons (Fsp3) is 0.385. The highest BCUT2D eigenvalue weighted by atomic mass is 16.5. The minimum absolute atomic E-state index is 0.198. The third-order valence-corrected chi connectivity index (χ3v) is 2.98. The van der Waals surface area contributed by atoms with Crippen molar-refractivity contribution in [3.05, 3.63) is 42.0 Å². The summed E-state index contributed by atoms with van der Waals surface area (Å²) in [6.07, 6.45) is 4.85. The first-order valence-corrected chi connectivity index (χ1v) is 5.68. The first kappa shape index (κ1) is 11.2. The van der Waals surface area contributed by atoms with Crippen molar-refractivity contribution in [1.29, 1.82) is 0 Å². The van der Waals surface area contributed by atoms with Crippen LogP contribution >= 0.6 is 0 Å². The van der Waals surface area contributed by atoms with Crippen LogP contribution in [-0.4, -0.2) is 6.61 Å². The van der Waals surface area contributed by atoms with E-state index in [0.29, 0.717) is 0 Å². The number of rotatable bonds is 5. The lowest BCUT2D eigenvalue weighted by Gasteiger charge is -2.16. The standard InChI is InChI=1S/C13H18N2O/c1-2-3-4-12(15-14)10-5-6-13-11(9-10)7-8-16-13/h2,5-6,9,12,15H,1,3-4,7-8,14H2. The van der Waals surface area contributed by atoms with Crippen LogP contribution in [0.15, 0.2) is 30.9 Å². The molecule has 0 spiro atoms. The monoisotopic (exact) mass is 218 g/mol. The van der Waals surface area contributed by atoms with Gasteiger partial charge in [0.15, 0.2) is 0 Å². The minimum atomic E-state index is 0.198. The van der Waals surface area contributed by atoms with Crippen LogP contribution in [0.5, 0.6) is 5.75 Å². The molecule has 1 heterocycles. The van der Waals surface area contributed by atoms with Gasteiger partial charge in [-0.15, -0.1) is 6.58 Å². The summed E-state index contributed by atoms with van der Waals surface area (Å²) in [6.45, 7) is 4.53. The normalized spacial score (nSPS) is 15.3. The highest BCUT2D eigenvalue weighted by Gasteiger charge is 2.15. The molecule has 3 heteroatoms. The van der Waals surface area contributed by atoms with Gasteiger partial charge in [0.05, 0.1) is 6.61 Å². The molecule has 0 saturated heterocycles. The molecule has 3 N–H and O–H groups in total. The van der Waals surface area contributed by atoms with Crippen LogP contribution < -0.4 is 16.0 Å². The summed E-state index contributed by atoms with van der Waals surface area (Å²) in [4.78, 5) is 0. The van der Waals surface area contributed by atoms with E-state index in [9.17, 15) is 0 Å². The number of hydrogen-bond acceptors (Lipinski definition) is 3. The molecule has 3 nitrogen and oxygen atoms in total. The Hall–Kier alpha value is -1.32. The second-order valence-electron chi connectivity index (χ2n) is 4.05. The van der Waals surface area contributed by atoms with Gasteiger partial charge in [-0.1, -0.05) is 18.2 Å². The second-order valence-corrected chi connectivity index (χ2v) is 4.05. The number of ether oxygens (including phenoxy) is 1. The fourth-order valence-corrected chi connectivity index (χ4v) is 2.05. The van der Waals surface area contributed by atoms with Crippen molar-refractivity contribution >= 4 is 0 Å². The summed E-state index contributed by atoms with van der Waals surface area (Å²) >= 11 is 0. The maximum atomic E-state index is 5.58. The SMILES string of the molecule is C=CCCC(NN)c1ccc2c(c1)CCO2. The Kier molecular flexibility index (Phi) is 3.59. The predicted octanol–water partition coefficient (Wildman–Crippen LogP) is 2.09. The molecule has 16 heavy (non-hydrogen) atoms. The van der Waals surface area contributed by atoms with Crippen LogP contribution in [0.3, 0.4) is 0 Å². The lowest BCUT2D eigenvalue weighted by Crippen LogP contribution is -2.27. The van der Waals surface area contributed by atoms with Crippen LogP contribution in [0.25, 0.3) is 0 Å². The van der Waals surface area contributed by atoms with Crippen LogP contribution in [0.1, 0.15) is 30.0 Å².